The van der Waals surface area contributed by atoms with E-state index in [1.54, 1.807) is 14.2 Å². The average molecular weight is 607 g/mol. The molecule has 6 nitrogen and oxygen atoms in total. The van der Waals surface area contributed by atoms with Crippen molar-refractivity contribution >= 4 is 14.1 Å². The third-order valence-corrected chi connectivity index (χ3v) is 15.5. The van der Waals surface area contributed by atoms with E-state index >= 15 is 0 Å². The molecule has 1 spiro atoms. The van der Waals surface area contributed by atoms with Crippen molar-refractivity contribution in [2.24, 2.45) is 11.3 Å². The van der Waals surface area contributed by atoms with Crippen LogP contribution in [0.2, 0.25) is 18.1 Å². The molecule has 5 rings (SSSR count). The molecule has 1 aliphatic carbocycles. The lowest BCUT2D eigenvalue weighted by Gasteiger charge is -2.53. The van der Waals surface area contributed by atoms with Crippen molar-refractivity contribution in [3.05, 3.63) is 71.3 Å². The standard InChI is InChI=1S/C36H50O6Si/c1-24-20-30(37)36-32(29(18-19-34(36,5)6)40-22-25-14-12-11-13-15-25)31(27-21-26(38-7)16-17-28(27)39-8)35(24,42-36)23-41-43(9,10)33(2,3)4/h11-17,20-21,29,31-32H,18-19,22-23H2,1-10H3/t29-,31-,32-,35-,36+/m0/s1. The molecule has 0 amide bonds. The fourth-order valence-electron chi connectivity index (χ4n) is 7.41. The Morgan fingerprint density at radius 2 is 1.72 bits per heavy atom. The van der Waals surface area contributed by atoms with E-state index in [4.69, 9.17) is 23.4 Å². The maximum absolute atomic E-state index is 14.5. The van der Waals surface area contributed by atoms with Gasteiger partial charge in [0.15, 0.2) is 14.1 Å². The second-order valence-electron chi connectivity index (χ2n) is 14.8. The minimum absolute atomic E-state index is 0.0125. The van der Waals surface area contributed by atoms with Crippen LogP contribution in [0.1, 0.15) is 71.4 Å². The Kier molecular flexibility index (Phi) is 8.30. The molecule has 5 atom stereocenters. The Morgan fingerprint density at radius 1 is 1.02 bits per heavy atom. The molecule has 2 aliphatic heterocycles. The number of fused-ring (bicyclic) bond motifs is 1. The number of hydrogen-bond acceptors (Lipinski definition) is 6. The van der Waals surface area contributed by atoms with Crippen molar-refractivity contribution in [3.63, 3.8) is 0 Å². The molecule has 2 fully saturated rings. The Balaban J connectivity index is 1.72. The van der Waals surface area contributed by atoms with E-state index in [9.17, 15) is 4.79 Å². The first kappa shape index (κ1) is 32.0. The number of ether oxygens (including phenoxy) is 4. The van der Waals surface area contributed by atoms with E-state index in [1.165, 1.54) is 0 Å². The van der Waals surface area contributed by atoms with Crippen LogP contribution in [0.15, 0.2) is 60.2 Å². The lowest BCUT2D eigenvalue weighted by atomic mass is 9.55. The summed E-state index contributed by atoms with van der Waals surface area (Å²) < 4.78 is 33.1. The van der Waals surface area contributed by atoms with Gasteiger partial charge in [0, 0.05) is 22.8 Å². The number of hydrogen-bond donors (Lipinski definition) is 0. The van der Waals surface area contributed by atoms with Gasteiger partial charge in [-0.15, -0.1) is 0 Å². The minimum atomic E-state index is -2.19. The monoisotopic (exact) mass is 606 g/mol. The highest BCUT2D eigenvalue weighted by Crippen LogP contribution is 2.68. The lowest BCUT2D eigenvalue weighted by molar-refractivity contribution is -0.206. The second-order valence-corrected chi connectivity index (χ2v) is 19.6. The molecule has 1 saturated carbocycles. The second kappa shape index (κ2) is 11.2. The molecule has 0 aromatic heterocycles. The van der Waals surface area contributed by atoms with Gasteiger partial charge in [0.25, 0.3) is 0 Å². The third-order valence-electron chi connectivity index (χ3n) is 11.0. The highest BCUT2D eigenvalue weighted by Gasteiger charge is 2.76. The van der Waals surface area contributed by atoms with Crippen LogP contribution in [-0.4, -0.2) is 52.2 Å². The molecule has 0 radical (unpaired) electrons. The summed E-state index contributed by atoms with van der Waals surface area (Å²) in [5, 5.41) is 0.0125. The Bertz CT molecular complexity index is 1380. The largest absolute Gasteiger partial charge is 0.497 e. The molecule has 1 saturated heterocycles. The van der Waals surface area contributed by atoms with Crippen LogP contribution in [-0.2, 0) is 25.3 Å². The van der Waals surface area contributed by atoms with Crippen LogP contribution < -0.4 is 9.47 Å². The van der Waals surface area contributed by atoms with Crippen LogP contribution in [0.5, 0.6) is 11.5 Å². The molecular formula is C36H50O6Si. The van der Waals surface area contributed by atoms with E-state index in [1.807, 2.05) is 43.3 Å². The van der Waals surface area contributed by atoms with Crippen molar-refractivity contribution in [3.8, 4) is 11.5 Å². The van der Waals surface area contributed by atoms with E-state index in [0.29, 0.717) is 13.2 Å². The number of rotatable bonds is 9. The lowest BCUT2D eigenvalue weighted by Crippen LogP contribution is -2.63. The minimum Gasteiger partial charge on any atom is -0.497 e. The summed E-state index contributed by atoms with van der Waals surface area (Å²) in [5.41, 5.74) is 0.563. The summed E-state index contributed by atoms with van der Waals surface area (Å²) >= 11 is 0. The highest BCUT2D eigenvalue weighted by molar-refractivity contribution is 6.74. The molecule has 7 heteroatoms. The Labute approximate surface area is 259 Å². The van der Waals surface area contributed by atoms with E-state index in [0.717, 1.165) is 41.0 Å². The molecular weight excluding hydrogens is 556 g/mol. The number of carbonyl (C=O) groups excluding carboxylic acids is 1. The predicted octanol–water partition coefficient (Wildman–Crippen LogP) is 7.87. The molecule has 43 heavy (non-hydrogen) atoms. The summed E-state index contributed by atoms with van der Waals surface area (Å²) in [6.45, 7) is 18.5. The molecule has 2 aromatic rings. The summed E-state index contributed by atoms with van der Waals surface area (Å²) in [6, 6.07) is 16.2. The van der Waals surface area contributed by atoms with Gasteiger partial charge < -0.3 is 23.4 Å². The molecule has 2 bridgehead atoms. The molecule has 234 valence electrons. The summed E-state index contributed by atoms with van der Waals surface area (Å²) in [4.78, 5) is 14.5. The Hall–Kier alpha value is -2.45. The zero-order chi connectivity index (χ0) is 31.4. The molecule has 2 heterocycles. The number of carbonyl (C=O) groups is 1. The maximum atomic E-state index is 14.5. The first-order valence-corrected chi connectivity index (χ1v) is 18.5. The van der Waals surface area contributed by atoms with Crippen LogP contribution >= 0.6 is 0 Å². The summed E-state index contributed by atoms with van der Waals surface area (Å²) in [5.74, 6) is 0.960. The summed E-state index contributed by atoms with van der Waals surface area (Å²) in [7, 11) is 1.18. The van der Waals surface area contributed by atoms with Crippen LogP contribution in [0.3, 0.4) is 0 Å². The van der Waals surface area contributed by atoms with Crippen molar-refractivity contribution in [2.45, 2.75) is 102 Å². The van der Waals surface area contributed by atoms with Crippen molar-refractivity contribution in [1.82, 2.24) is 0 Å². The van der Waals surface area contributed by atoms with E-state index in [2.05, 4.69) is 65.9 Å². The van der Waals surface area contributed by atoms with E-state index in [-0.39, 0.29) is 28.8 Å². The smallest absolute Gasteiger partial charge is 0.192 e. The molecule has 3 aliphatic rings. The first-order chi connectivity index (χ1) is 20.1. The topological polar surface area (TPSA) is 63.2 Å². The highest BCUT2D eigenvalue weighted by atomic mass is 28.4. The normalized spacial score (nSPS) is 30.0. The average Bonchev–Trinajstić information content (AvgIpc) is 3.26. The van der Waals surface area contributed by atoms with Gasteiger partial charge in [0.2, 0.25) is 0 Å². The third kappa shape index (κ3) is 5.10. The molecule has 0 N–H and O–H groups in total. The van der Waals surface area contributed by atoms with Crippen LogP contribution in [0.4, 0.5) is 0 Å². The van der Waals surface area contributed by atoms with Gasteiger partial charge in [-0.25, -0.2) is 0 Å². The number of ketones is 1. The summed E-state index contributed by atoms with van der Waals surface area (Å²) in [6.07, 6.45) is 3.26. The number of methoxy groups -OCH3 is 2. The zero-order valence-electron chi connectivity index (χ0n) is 27.7. The van der Waals surface area contributed by atoms with Gasteiger partial charge in [-0.1, -0.05) is 65.0 Å². The van der Waals surface area contributed by atoms with Crippen LogP contribution in [0.25, 0.3) is 0 Å². The molecule has 2 aromatic carbocycles. The zero-order valence-corrected chi connectivity index (χ0v) is 28.7. The van der Waals surface area contributed by atoms with Crippen LogP contribution in [0, 0.1) is 11.3 Å². The quantitative estimate of drug-likeness (QED) is 0.271. The van der Waals surface area contributed by atoms with Crippen molar-refractivity contribution < 1.29 is 28.2 Å². The van der Waals surface area contributed by atoms with Gasteiger partial charge in [-0.2, -0.15) is 0 Å². The van der Waals surface area contributed by atoms with Gasteiger partial charge in [0.05, 0.1) is 33.5 Å². The molecule has 0 unspecified atom stereocenters. The predicted molar refractivity (Wildman–Crippen MR) is 172 cm³/mol. The maximum Gasteiger partial charge on any atom is 0.192 e. The SMILES string of the molecule is COc1ccc(OC)c([C@H]2[C@@H]3[C@@H](OCc4ccccc4)CCC(C)(C)[C@]34O[C@@]2(CO[Si](C)(C)C(C)(C)C)C(C)=CC4=O)c1. The van der Waals surface area contributed by atoms with Crippen molar-refractivity contribution in [2.75, 3.05) is 20.8 Å². The fraction of sp³-hybridized carbons (Fsp3) is 0.583. The fourth-order valence-corrected chi connectivity index (χ4v) is 8.41. The van der Waals surface area contributed by atoms with Gasteiger partial charge in [-0.05, 0) is 73.3 Å². The van der Waals surface area contributed by atoms with Gasteiger partial charge >= 0.3 is 0 Å². The van der Waals surface area contributed by atoms with Crippen molar-refractivity contribution in [1.29, 1.82) is 0 Å². The van der Waals surface area contributed by atoms with Gasteiger partial charge in [0.1, 0.15) is 22.7 Å². The van der Waals surface area contributed by atoms with E-state index < -0.39 is 24.9 Å². The number of benzene rings is 2. The van der Waals surface area contributed by atoms with Gasteiger partial charge in [-0.3, -0.25) is 4.79 Å². The first-order valence-electron chi connectivity index (χ1n) is 15.6. The Morgan fingerprint density at radius 3 is 2.35 bits per heavy atom.